The number of nitrogens with two attached hydrogens (primary N) is 1. The van der Waals surface area contributed by atoms with Crippen LogP contribution in [0, 0.1) is 5.92 Å². The monoisotopic (exact) mass is 344 g/mol. The normalized spacial score (nSPS) is 20.4. The third-order valence-corrected chi connectivity index (χ3v) is 5.69. The number of carbonyl (C=O) groups excluding carboxylic acids is 1. The number of likely N-dealkylation sites (tertiary alicyclic amines) is 1. The Balaban J connectivity index is 1.54. The maximum Gasteiger partial charge on any atom is 0.317 e. The number of urea groups is 1. The van der Waals surface area contributed by atoms with E-state index in [2.05, 4.69) is 41.4 Å². The van der Waals surface area contributed by atoms with Crippen LogP contribution in [-0.2, 0) is 6.54 Å². The molecule has 2 amide bonds. The Morgan fingerprint density at radius 1 is 1.16 bits per heavy atom. The van der Waals surface area contributed by atoms with Gasteiger partial charge >= 0.3 is 6.03 Å². The summed E-state index contributed by atoms with van der Waals surface area (Å²) in [6.45, 7) is 6.53. The molecule has 2 aliphatic heterocycles. The minimum atomic E-state index is 0.0524. The van der Waals surface area contributed by atoms with Crippen LogP contribution in [0.25, 0.3) is 0 Å². The summed E-state index contributed by atoms with van der Waals surface area (Å²) in [5, 5.41) is 3.12. The molecule has 0 aliphatic carbocycles. The van der Waals surface area contributed by atoms with Crippen molar-refractivity contribution in [3.05, 3.63) is 29.8 Å². The van der Waals surface area contributed by atoms with E-state index in [1.807, 2.05) is 4.90 Å². The van der Waals surface area contributed by atoms with Gasteiger partial charge in [-0.1, -0.05) is 18.2 Å². The van der Waals surface area contributed by atoms with Gasteiger partial charge in [-0.3, -0.25) is 0 Å². The summed E-state index contributed by atoms with van der Waals surface area (Å²) in [6, 6.07) is 8.74. The van der Waals surface area contributed by atoms with Gasteiger partial charge in [0, 0.05) is 44.5 Å². The van der Waals surface area contributed by atoms with Crippen molar-refractivity contribution in [1.82, 2.24) is 10.2 Å². The highest BCUT2D eigenvalue weighted by atomic mass is 16.2. The van der Waals surface area contributed by atoms with Gasteiger partial charge in [-0.25, -0.2) is 4.79 Å². The molecule has 2 fully saturated rings. The molecule has 2 aliphatic rings. The number of para-hydroxylation sites is 1. The highest BCUT2D eigenvalue weighted by Gasteiger charge is 2.24. The molecule has 1 atom stereocenters. The van der Waals surface area contributed by atoms with E-state index in [1.165, 1.54) is 30.5 Å². The van der Waals surface area contributed by atoms with Gasteiger partial charge in [0.15, 0.2) is 0 Å². The minimum Gasteiger partial charge on any atom is -0.371 e. The Kier molecular flexibility index (Phi) is 6.19. The Morgan fingerprint density at radius 3 is 2.52 bits per heavy atom. The van der Waals surface area contributed by atoms with Crippen molar-refractivity contribution in [3.8, 4) is 0 Å². The Bertz CT molecular complexity index is 561. The molecule has 1 aromatic carbocycles. The van der Waals surface area contributed by atoms with Gasteiger partial charge in [0.05, 0.1) is 0 Å². The van der Waals surface area contributed by atoms with Crippen LogP contribution >= 0.6 is 0 Å². The standard InChI is InChI=1S/C20H32N4O/c1-16(21)17-9-13-24(14-10-17)20(25)22-15-18-7-3-4-8-19(18)23-11-5-2-6-12-23/h3-4,7-8,16-17H,2,5-6,9-15,21H2,1H3,(H,22,25). The molecule has 25 heavy (non-hydrogen) atoms. The second-order valence-electron chi connectivity index (χ2n) is 7.52. The second-order valence-corrected chi connectivity index (χ2v) is 7.52. The molecule has 5 heteroatoms. The molecular formula is C20H32N4O. The number of nitrogens with one attached hydrogen (secondary N) is 1. The number of hydrogen-bond acceptors (Lipinski definition) is 3. The Morgan fingerprint density at radius 2 is 1.84 bits per heavy atom. The van der Waals surface area contributed by atoms with Crippen LogP contribution in [0.4, 0.5) is 10.5 Å². The molecule has 0 bridgehead atoms. The summed E-state index contributed by atoms with van der Waals surface area (Å²) in [5.74, 6) is 0.545. The highest BCUT2D eigenvalue weighted by Crippen LogP contribution is 2.24. The lowest BCUT2D eigenvalue weighted by Crippen LogP contribution is -2.46. The first kappa shape index (κ1) is 18.1. The molecule has 2 heterocycles. The van der Waals surface area contributed by atoms with E-state index in [0.29, 0.717) is 12.5 Å². The van der Waals surface area contributed by atoms with Crippen molar-refractivity contribution in [2.24, 2.45) is 11.7 Å². The van der Waals surface area contributed by atoms with Gasteiger partial charge in [0.1, 0.15) is 0 Å². The smallest absolute Gasteiger partial charge is 0.317 e. The third kappa shape index (κ3) is 4.66. The molecule has 0 saturated carbocycles. The predicted molar refractivity (Wildman–Crippen MR) is 103 cm³/mol. The number of benzene rings is 1. The van der Waals surface area contributed by atoms with Gasteiger partial charge in [0.25, 0.3) is 0 Å². The Hall–Kier alpha value is -1.75. The molecule has 2 saturated heterocycles. The van der Waals surface area contributed by atoms with E-state index < -0.39 is 0 Å². The summed E-state index contributed by atoms with van der Waals surface area (Å²) in [5.41, 5.74) is 8.47. The fourth-order valence-corrected chi connectivity index (χ4v) is 4.01. The number of amides is 2. The molecule has 1 aromatic rings. The van der Waals surface area contributed by atoms with Crippen molar-refractivity contribution < 1.29 is 4.79 Å². The van der Waals surface area contributed by atoms with Gasteiger partial charge in [-0.05, 0) is 56.6 Å². The number of rotatable bonds is 4. The van der Waals surface area contributed by atoms with Crippen LogP contribution < -0.4 is 16.0 Å². The largest absolute Gasteiger partial charge is 0.371 e. The van der Waals surface area contributed by atoms with Gasteiger partial charge < -0.3 is 20.9 Å². The van der Waals surface area contributed by atoms with Crippen LogP contribution in [0.3, 0.4) is 0 Å². The molecule has 3 N–H and O–H groups in total. The average molecular weight is 345 g/mol. The van der Waals surface area contributed by atoms with E-state index >= 15 is 0 Å². The van der Waals surface area contributed by atoms with Crippen LogP contribution in [-0.4, -0.2) is 43.2 Å². The molecule has 0 spiro atoms. The topological polar surface area (TPSA) is 61.6 Å². The van der Waals surface area contributed by atoms with Crippen LogP contribution in [0.15, 0.2) is 24.3 Å². The van der Waals surface area contributed by atoms with Gasteiger partial charge in [-0.2, -0.15) is 0 Å². The van der Waals surface area contributed by atoms with Gasteiger partial charge in [0.2, 0.25) is 0 Å². The number of carbonyl (C=O) groups is 1. The maximum atomic E-state index is 12.5. The number of piperidine rings is 2. The molecule has 0 radical (unpaired) electrons. The van der Waals surface area contributed by atoms with Crippen molar-refractivity contribution in [3.63, 3.8) is 0 Å². The molecule has 1 unspecified atom stereocenters. The zero-order chi connectivity index (χ0) is 17.6. The molecule has 138 valence electrons. The van der Waals surface area contributed by atoms with Crippen molar-refractivity contribution in [1.29, 1.82) is 0 Å². The summed E-state index contributed by atoms with van der Waals surface area (Å²) in [7, 11) is 0. The minimum absolute atomic E-state index is 0.0524. The van der Waals surface area contributed by atoms with E-state index in [9.17, 15) is 4.79 Å². The maximum absolute atomic E-state index is 12.5. The summed E-state index contributed by atoms with van der Waals surface area (Å²) >= 11 is 0. The fourth-order valence-electron chi connectivity index (χ4n) is 4.01. The Labute approximate surface area is 151 Å². The highest BCUT2D eigenvalue weighted by molar-refractivity contribution is 5.74. The third-order valence-electron chi connectivity index (χ3n) is 5.69. The van der Waals surface area contributed by atoms with Gasteiger partial charge in [-0.15, -0.1) is 0 Å². The molecule has 0 aromatic heterocycles. The first-order chi connectivity index (χ1) is 12.1. The van der Waals surface area contributed by atoms with E-state index in [4.69, 9.17) is 5.73 Å². The summed E-state index contributed by atoms with van der Waals surface area (Å²) in [6.07, 6.45) is 5.86. The van der Waals surface area contributed by atoms with Crippen molar-refractivity contribution in [2.45, 2.75) is 51.6 Å². The van der Waals surface area contributed by atoms with Crippen molar-refractivity contribution in [2.75, 3.05) is 31.1 Å². The van der Waals surface area contributed by atoms with E-state index in [1.54, 1.807) is 0 Å². The lowest BCUT2D eigenvalue weighted by molar-refractivity contribution is 0.164. The summed E-state index contributed by atoms with van der Waals surface area (Å²) in [4.78, 5) is 16.9. The first-order valence-corrected chi connectivity index (χ1v) is 9.76. The van der Waals surface area contributed by atoms with Crippen LogP contribution in [0.2, 0.25) is 0 Å². The number of anilines is 1. The quantitative estimate of drug-likeness (QED) is 0.883. The first-order valence-electron chi connectivity index (χ1n) is 9.76. The number of hydrogen-bond donors (Lipinski definition) is 2. The van der Waals surface area contributed by atoms with E-state index in [-0.39, 0.29) is 12.1 Å². The average Bonchev–Trinajstić information content (AvgIpc) is 2.67. The summed E-state index contributed by atoms with van der Waals surface area (Å²) < 4.78 is 0. The van der Waals surface area contributed by atoms with Crippen LogP contribution in [0.5, 0.6) is 0 Å². The zero-order valence-corrected chi connectivity index (χ0v) is 15.4. The zero-order valence-electron chi connectivity index (χ0n) is 15.4. The lowest BCUT2D eigenvalue weighted by atomic mass is 9.91. The fraction of sp³-hybridized carbons (Fsp3) is 0.650. The van der Waals surface area contributed by atoms with Crippen LogP contribution in [0.1, 0.15) is 44.6 Å². The SMILES string of the molecule is CC(N)C1CCN(C(=O)NCc2ccccc2N2CCCCC2)CC1. The number of nitrogens with zero attached hydrogens (tertiary/aromatic N) is 2. The molecule has 3 rings (SSSR count). The second kappa shape index (κ2) is 8.56. The predicted octanol–water partition coefficient (Wildman–Crippen LogP) is 2.95. The molecule has 5 nitrogen and oxygen atoms in total. The van der Waals surface area contributed by atoms with Crippen molar-refractivity contribution >= 4 is 11.7 Å². The lowest BCUT2D eigenvalue weighted by Gasteiger charge is -2.34. The molecular weight excluding hydrogens is 312 g/mol. The van der Waals surface area contributed by atoms with E-state index in [0.717, 1.165) is 39.0 Å².